The molecule has 0 aliphatic heterocycles. The maximum absolute atomic E-state index is 12.3. The van der Waals surface area contributed by atoms with Gasteiger partial charge in [-0.2, -0.15) is 13.2 Å². The van der Waals surface area contributed by atoms with Gasteiger partial charge in [-0.25, -0.2) is 0 Å². The zero-order chi connectivity index (χ0) is 14.0. The Morgan fingerprint density at radius 3 is 2.06 bits per heavy atom. The molecular weight excluding hydrogens is 245 g/mol. The fourth-order valence-electron chi connectivity index (χ4n) is 1.14. The minimum absolute atomic E-state index is 0.00746. The van der Waals surface area contributed by atoms with Gasteiger partial charge in [-0.15, -0.1) is 0 Å². The van der Waals surface area contributed by atoms with Crippen molar-refractivity contribution in [3.8, 4) is 5.75 Å². The fraction of sp³-hybridized carbons (Fsp3) is 0.538. The first-order valence-electron chi connectivity index (χ1n) is 5.65. The molecule has 1 atom stereocenters. The fourth-order valence-corrected chi connectivity index (χ4v) is 1.14. The van der Waals surface area contributed by atoms with Crippen LogP contribution >= 0.6 is 0 Å². The lowest BCUT2D eigenvalue weighted by Crippen LogP contribution is -2.37. The topological polar surface area (TPSA) is 29.5 Å². The molecule has 0 aliphatic carbocycles. The van der Waals surface area contributed by atoms with Crippen LogP contribution in [0.15, 0.2) is 24.3 Å². The summed E-state index contributed by atoms with van der Waals surface area (Å²) in [6, 6.07) is 4.41. The van der Waals surface area contributed by atoms with E-state index in [0.29, 0.717) is 5.75 Å². The summed E-state index contributed by atoms with van der Waals surface area (Å²) < 4.78 is 42.2. The number of ether oxygens (including phenoxy) is 1. The highest BCUT2D eigenvalue weighted by molar-refractivity contribution is 5.28. The standard InChI is InChI=1S/C13H17F3O2/c1-9(2)12(3,17)8-18-11-6-4-10(5-7-11)13(14,15)16/h4-7,9,17H,8H2,1-3H3. The van der Waals surface area contributed by atoms with Crippen LogP contribution in [0.4, 0.5) is 13.2 Å². The van der Waals surface area contributed by atoms with Gasteiger partial charge in [0.05, 0.1) is 11.2 Å². The second-order valence-corrected chi connectivity index (χ2v) is 4.82. The molecule has 1 aromatic rings. The van der Waals surface area contributed by atoms with E-state index in [-0.39, 0.29) is 12.5 Å². The summed E-state index contributed by atoms with van der Waals surface area (Å²) in [7, 11) is 0. The summed E-state index contributed by atoms with van der Waals surface area (Å²) in [5, 5.41) is 9.93. The van der Waals surface area contributed by atoms with Gasteiger partial charge in [0.1, 0.15) is 12.4 Å². The number of benzene rings is 1. The molecule has 0 aliphatic rings. The third-order valence-corrected chi connectivity index (χ3v) is 2.96. The van der Waals surface area contributed by atoms with E-state index in [1.807, 2.05) is 13.8 Å². The van der Waals surface area contributed by atoms with Crippen LogP contribution in [-0.4, -0.2) is 17.3 Å². The molecule has 0 amide bonds. The SMILES string of the molecule is CC(C)C(C)(O)COc1ccc(C(F)(F)F)cc1. The summed E-state index contributed by atoms with van der Waals surface area (Å²) in [4.78, 5) is 0. The maximum Gasteiger partial charge on any atom is 0.416 e. The first-order valence-corrected chi connectivity index (χ1v) is 5.65. The molecule has 102 valence electrons. The molecule has 0 fully saturated rings. The van der Waals surface area contributed by atoms with Gasteiger partial charge in [0.25, 0.3) is 0 Å². The van der Waals surface area contributed by atoms with Gasteiger partial charge in [-0.1, -0.05) is 13.8 Å². The second-order valence-electron chi connectivity index (χ2n) is 4.82. The van der Waals surface area contributed by atoms with Gasteiger partial charge in [-0.05, 0) is 37.1 Å². The predicted molar refractivity (Wildman–Crippen MR) is 62.4 cm³/mol. The van der Waals surface area contributed by atoms with Crippen LogP contribution in [0.1, 0.15) is 26.3 Å². The van der Waals surface area contributed by atoms with Crippen LogP contribution in [0, 0.1) is 5.92 Å². The van der Waals surface area contributed by atoms with Crippen LogP contribution < -0.4 is 4.74 Å². The molecule has 0 saturated carbocycles. The Bertz CT molecular complexity index is 380. The molecule has 2 nitrogen and oxygen atoms in total. The molecule has 0 bridgehead atoms. The molecule has 1 aromatic carbocycles. The highest BCUT2D eigenvalue weighted by Crippen LogP contribution is 2.30. The average molecular weight is 262 g/mol. The third kappa shape index (κ3) is 3.91. The Hall–Kier alpha value is -1.23. The Morgan fingerprint density at radius 1 is 1.17 bits per heavy atom. The first-order chi connectivity index (χ1) is 8.13. The summed E-state index contributed by atoms with van der Waals surface area (Å²) in [5.74, 6) is 0.302. The lowest BCUT2D eigenvalue weighted by molar-refractivity contribution is -0.137. The average Bonchev–Trinajstić information content (AvgIpc) is 2.25. The van der Waals surface area contributed by atoms with Crippen molar-refractivity contribution in [2.24, 2.45) is 5.92 Å². The van der Waals surface area contributed by atoms with Crippen molar-refractivity contribution in [1.29, 1.82) is 0 Å². The van der Waals surface area contributed by atoms with Crippen molar-refractivity contribution in [1.82, 2.24) is 0 Å². The Balaban J connectivity index is 2.65. The van der Waals surface area contributed by atoms with E-state index < -0.39 is 17.3 Å². The molecule has 18 heavy (non-hydrogen) atoms. The van der Waals surface area contributed by atoms with Crippen LogP contribution in [0.3, 0.4) is 0 Å². The van der Waals surface area contributed by atoms with Crippen molar-refractivity contribution in [3.05, 3.63) is 29.8 Å². The first kappa shape index (κ1) is 14.8. The number of halogens is 3. The van der Waals surface area contributed by atoms with E-state index in [4.69, 9.17) is 4.74 Å². The van der Waals surface area contributed by atoms with Crippen molar-refractivity contribution < 1.29 is 23.0 Å². The summed E-state index contributed by atoms with van der Waals surface area (Å²) in [6.07, 6.45) is -4.35. The largest absolute Gasteiger partial charge is 0.491 e. The Labute approximate surface area is 104 Å². The zero-order valence-electron chi connectivity index (χ0n) is 10.6. The number of hydrogen-bond acceptors (Lipinski definition) is 2. The summed E-state index contributed by atoms with van der Waals surface area (Å²) in [6.45, 7) is 5.35. The molecule has 0 radical (unpaired) electrons. The van der Waals surface area contributed by atoms with Crippen LogP contribution in [0.25, 0.3) is 0 Å². The molecule has 0 spiro atoms. The van der Waals surface area contributed by atoms with Crippen molar-refractivity contribution >= 4 is 0 Å². The quantitative estimate of drug-likeness (QED) is 0.900. The highest BCUT2D eigenvalue weighted by atomic mass is 19.4. The maximum atomic E-state index is 12.3. The van der Waals surface area contributed by atoms with Crippen LogP contribution in [0.5, 0.6) is 5.75 Å². The molecule has 1 unspecified atom stereocenters. The Morgan fingerprint density at radius 2 is 1.67 bits per heavy atom. The molecule has 1 N–H and O–H groups in total. The zero-order valence-corrected chi connectivity index (χ0v) is 10.6. The van der Waals surface area contributed by atoms with E-state index in [1.165, 1.54) is 12.1 Å². The van der Waals surface area contributed by atoms with Crippen LogP contribution in [-0.2, 0) is 6.18 Å². The molecule has 5 heteroatoms. The van der Waals surface area contributed by atoms with E-state index in [1.54, 1.807) is 6.92 Å². The van der Waals surface area contributed by atoms with Crippen molar-refractivity contribution in [2.45, 2.75) is 32.5 Å². The molecule has 1 rings (SSSR count). The van der Waals surface area contributed by atoms with Gasteiger partial charge in [0.15, 0.2) is 0 Å². The number of aliphatic hydroxyl groups is 1. The molecule has 0 saturated heterocycles. The van der Waals surface area contributed by atoms with Gasteiger partial charge in [-0.3, -0.25) is 0 Å². The molecular formula is C13H17F3O2. The lowest BCUT2D eigenvalue weighted by Gasteiger charge is -2.27. The van der Waals surface area contributed by atoms with Gasteiger partial charge in [0, 0.05) is 0 Å². The lowest BCUT2D eigenvalue weighted by atomic mass is 9.94. The van der Waals surface area contributed by atoms with E-state index in [9.17, 15) is 18.3 Å². The molecule has 0 heterocycles. The smallest absolute Gasteiger partial charge is 0.416 e. The van der Waals surface area contributed by atoms with E-state index >= 15 is 0 Å². The van der Waals surface area contributed by atoms with E-state index in [2.05, 4.69) is 0 Å². The normalized spacial score (nSPS) is 15.6. The highest BCUT2D eigenvalue weighted by Gasteiger charge is 2.30. The van der Waals surface area contributed by atoms with Crippen LogP contribution in [0.2, 0.25) is 0 Å². The molecule has 0 aromatic heterocycles. The number of rotatable bonds is 4. The number of alkyl halides is 3. The summed E-state index contributed by atoms with van der Waals surface area (Å²) >= 11 is 0. The van der Waals surface area contributed by atoms with Gasteiger partial charge < -0.3 is 9.84 Å². The minimum Gasteiger partial charge on any atom is -0.491 e. The van der Waals surface area contributed by atoms with Gasteiger partial charge >= 0.3 is 6.18 Å². The number of hydrogen-bond donors (Lipinski definition) is 1. The Kier molecular flexibility index (Phi) is 4.27. The van der Waals surface area contributed by atoms with Crippen molar-refractivity contribution in [2.75, 3.05) is 6.61 Å². The minimum atomic E-state index is -4.35. The van der Waals surface area contributed by atoms with Crippen molar-refractivity contribution in [3.63, 3.8) is 0 Å². The predicted octanol–water partition coefficient (Wildman–Crippen LogP) is 3.49. The third-order valence-electron chi connectivity index (χ3n) is 2.96. The van der Waals surface area contributed by atoms with E-state index in [0.717, 1.165) is 12.1 Å². The summed E-state index contributed by atoms with van der Waals surface area (Å²) in [5.41, 5.74) is -1.73. The monoisotopic (exact) mass is 262 g/mol. The van der Waals surface area contributed by atoms with Gasteiger partial charge in [0.2, 0.25) is 0 Å². The second kappa shape index (κ2) is 5.18.